The molecule has 5 aromatic rings. The van der Waals surface area contributed by atoms with E-state index in [1.807, 2.05) is 80.6 Å². The predicted octanol–water partition coefficient (Wildman–Crippen LogP) is 9.07. The normalized spacial score (nSPS) is 16.3. The number of hydrogen-bond acceptors (Lipinski definition) is 10. The molecule has 0 aromatic heterocycles. The maximum absolute atomic E-state index is 14.1. The molecular weight excluding hydrogens is 1050 g/mol. The topological polar surface area (TPSA) is 238 Å². The molecule has 17 nitrogen and oxygen atoms in total. The van der Waals surface area contributed by atoms with Crippen LogP contribution in [0, 0.1) is 11.8 Å². The smallest absolute Gasteiger partial charge is 0.312 e. The Balaban J connectivity index is 0.879. The lowest BCUT2D eigenvalue weighted by Crippen LogP contribution is -2.45. The van der Waals surface area contributed by atoms with Crippen molar-refractivity contribution in [3.05, 3.63) is 114 Å². The summed E-state index contributed by atoms with van der Waals surface area (Å²) >= 11 is 13.0. The van der Waals surface area contributed by atoms with Crippen LogP contribution >= 0.6 is 23.2 Å². The number of nitrogens with zero attached hydrogens (tertiary/aromatic N) is 3. The molecule has 0 saturated carbocycles. The number of hydrogen-bond donors (Lipinski definition) is 5. The van der Waals surface area contributed by atoms with Crippen LogP contribution in [0.1, 0.15) is 107 Å². The van der Waals surface area contributed by atoms with Crippen molar-refractivity contribution in [2.75, 3.05) is 53.1 Å². The number of aromatic hydroxyl groups is 1. The van der Waals surface area contributed by atoms with Gasteiger partial charge in [-0.25, -0.2) is 4.79 Å². The van der Waals surface area contributed by atoms with Crippen LogP contribution in [0.5, 0.6) is 11.5 Å². The van der Waals surface area contributed by atoms with E-state index >= 15 is 0 Å². The number of imide groups is 1. The number of alkyl halides is 2. The molecular formula is C60H67Cl2N7O10. The number of benzene rings is 5. The van der Waals surface area contributed by atoms with Crippen LogP contribution in [-0.4, -0.2) is 101 Å². The molecule has 3 aliphatic heterocycles. The number of Topliss-reactive ketones (excluding diaryl/α,β-unsaturated/α-hetero) is 1. The Morgan fingerprint density at radius 1 is 0.722 bits per heavy atom. The third-order valence-electron chi connectivity index (χ3n) is 15.0. The van der Waals surface area contributed by atoms with E-state index in [0.717, 1.165) is 37.7 Å². The van der Waals surface area contributed by atoms with Crippen LogP contribution in [0.2, 0.25) is 0 Å². The summed E-state index contributed by atoms with van der Waals surface area (Å²) in [5.74, 6) is -2.08. The summed E-state index contributed by atoms with van der Waals surface area (Å²) in [6, 6.07) is 24.4. The Morgan fingerprint density at radius 3 is 1.90 bits per heavy atom. The first-order valence-electron chi connectivity index (χ1n) is 27.0. The van der Waals surface area contributed by atoms with E-state index in [9.17, 15) is 43.5 Å². The number of primary amides is 1. The zero-order valence-corrected chi connectivity index (χ0v) is 46.0. The fourth-order valence-electron chi connectivity index (χ4n) is 10.9. The molecule has 0 fully saturated rings. The van der Waals surface area contributed by atoms with Gasteiger partial charge in [0, 0.05) is 122 Å². The van der Waals surface area contributed by atoms with Crippen molar-refractivity contribution in [1.82, 2.24) is 15.5 Å². The SMILES string of the molecule is CC(C)[C@H](NC(=O)CCCCCN1C(=O)C=CC1=O)C(=O)C[C@@H](CCCNC(N)=O)C(=O)Nc1ccc(COc2cc3c(c4ccccc24)[C@H](CCl)CN3C(=O)CCCC(=O)N2C[C@@H](CCl)c3c2cc(O)c2ccccc32)cc1. The lowest BCUT2D eigenvalue weighted by molar-refractivity contribution is -0.137. The first-order valence-corrected chi connectivity index (χ1v) is 28.1. The standard InChI is InChI=1S/C60H67Cl2N7O10/c1-36(2)58(66-51(72)17-4-3-9-27-67-54(75)24-25-55(67)76)49(71)28-38(12-11-26-64-60(63)78)59(77)65-41-22-20-37(21-23-41)35-79-50-30-47-57(45-16-8-6-14-43(45)50)40(32-62)34-69(47)53(74)19-10-18-52(73)68-33-39(31-61)56-44-15-7-5-13-42(44)48(70)29-46(56)68/h5-8,13-16,20-25,29-30,36,38-40,58,70H,3-4,9-12,17-19,26-28,31-35H2,1-2H3,(H,65,77)(H,66,72)(H3,63,64,78)/t38-,39-,40-,58+/m1/s1. The van der Waals surface area contributed by atoms with Gasteiger partial charge in [0.15, 0.2) is 5.78 Å². The number of carbonyl (C=O) groups is 8. The number of anilines is 3. The third-order valence-corrected chi connectivity index (χ3v) is 15.8. The summed E-state index contributed by atoms with van der Waals surface area (Å²) in [6.45, 7) is 5.00. The van der Waals surface area contributed by atoms with Gasteiger partial charge in [0.25, 0.3) is 11.8 Å². The lowest BCUT2D eigenvalue weighted by atomic mass is 9.89. The van der Waals surface area contributed by atoms with Crippen LogP contribution in [0.15, 0.2) is 97.1 Å². The average molecular weight is 1120 g/mol. The summed E-state index contributed by atoms with van der Waals surface area (Å²) in [5.41, 5.74) is 9.78. The zero-order chi connectivity index (χ0) is 56.3. The summed E-state index contributed by atoms with van der Waals surface area (Å²) in [5, 5.41) is 22.5. The van der Waals surface area contributed by atoms with E-state index in [2.05, 4.69) is 16.0 Å². The van der Waals surface area contributed by atoms with Gasteiger partial charge < -0.3 is 41.3 Å². The van der Waals surface area contributed by atoms with Crippen molar-refractivity contribution >= 4 is 109 Å². The Kier molecular flexibility index (Phi) is 19.3. The van der Waals surface area contributed by atoms with Crippen LogP contribution in [-0.2, 0) is 40.2 Å². The van der Waals surface area contributed by atoms with Crippen molar-refractivity contribution in [3.63, 3.8) is 0 Å². The van der Waals surface area contributed by atoms with E-state index in [1.165, 1.54) is 12.2 Å². The number of ketones is 1. The number of phenolic OH excluding ortho intramolecular Hbond substituents is 1. The molecule has 8 rings (SSSR count). The quantitative estimate of drug-likeness (QED) is 0.0200. The minimum atomic E-state index is -0.850. The van der Waals surface area contributed by atoms with Crippen molar-refractivity contribution in [1.29, 1.82) is 0 Å². The fourth-order valence-corrected chi connectivity index (χ4v) is 11.4. The highest BCUT2D eigenvalue weighted by Crippen LogP contribution is 2.47. The van der Waals surface area contributed by atoms with Crippen molar-refractivity contribution in [3.8, 4) is 11.5 Å². The number of unbranched alkanes of at least 4 members (excludes halogenated alkanes) is 2. The second-order valence-corrected chi connectivity index (χ2v) is 21.4. The number of rotatable bonds is 26. The van der Waals surface area contributed by atoms with Gasteiger partial charge in [0.1, 0.15) is 18.1 Å². The zero-order valence-electron chi connectivity index (χ0n) is 44.4. The maximum Gasteiger partial charge on any atom is 0.312 e. The molecule has 3 aliphatic rings. The van der Waals surface area contributed by atoms with Crippen LogP contribution < -0.4 is 36.2 Å². The molecule has 0 bridgehead atoms. The van der Waals surface area contributed by atoms with Crippen LogP contribution in [0.25, 0.3) is 21.5 Å². The molecule has 0 radical (unpaired) electrons. The van der Waals surface area contributed by atoms with E-state index < -0.39 is 23.9 Å². The minimum absolute atomic E-state index is 0.0913. The van der Waals surface area contributed by atoms with Gasteiger partial charge in [0.05, 0.1) is 17.4 Å². The summed E-state index contributed by atoms with van der Waals surface area (Å²) in [7, 11) is 0. The molecule has 8 amide bonds. The van der Waals surface area contributed by atoms with Gasteiger partial charge in [0.2, 0.25) is 23.6 Å². The number of amides is 8. The number of phenols is 1. The number of halogens is 2. The number of nitrogens with one attached hydrogen (secondary N) is 3. The molecule has 6 N–H and O–H groups in total. The fraction of sp³-hybridized carbons (Fsp3) is 0.400. The summed E-state index contributed by atoms with van der Waals surface area (Å²) in [4.78, 5) is 108. The Hall–Kier alpha value is -7.50. The van der Waals surface area contributed by atoms with Gasteiger partial charge >= 0.3 is 6.03 Å². The molecule has 4 atom stereocenters. The second-order valence-electron chi connectivity index (χ2n) is 20.8. The summed E-state index contributed by atoms with van der Waals surface area (Å²) in [6.07, 6.45) is 5.23. The molecule has 3 heterocycles. The molecule has 0 unspecified atom stereocenters. The minimum Gasteiger partial charge on any atom is -0.507 e. The Bertz CT molecular complexity index is 3150. The van der Waals surface area contributed by atoms with Gasteiger partial charge in [-0.1, -0.05) is 80.9 Å². The number of ether oxygens (including phenoxy) is 1. The highest BCUT2D eigenvalue weighted by molar-refractivity contribution is 6.19. The molecule has 79 heavy (non-hydrogen) atoms. The molecule has 0 spiro atoms. The van der Waals surface area contributed by atoms with Gasteiger partial charge in [-0.05, 0) is 77.6 Å². The van der Waals surface area contributed by atoms with Crippen molar-refractivity contribution in [2.24, 2.45) is 17.6 Å². The third kappa shape index (κ3) is 13.7. The van der Waals surface area contributed by atoms with Gasteiger partial charge in [-0.3, -0.25) is 38.5 Å². The maximum atomic E-state index is 14.1. The molecule has 0 aliphatic carbocycles. The molecule has 416 valence electrons. The number of carbonyl (C=O) groups excluding carboxylic acids is 8. The van der Waals surface area contributed by atoms with E-state index in [1.54, 1.807) is 28.0 Å². The van der Waals surface area contributed by atoms with Gasteiger partial charge in [-0.2, -0.15) is 0 Å². The Labute approximate surface area is 469 Å². The molecule has 19 heteroatoms. The predicted molar refractivity (Wildman–Crippen MR) is 305 cm³/mol. The number of urea groups is 1. The van der Waals surface area contributed by atoms with E-state index in [4.69, 9.17) is 33.7 Å². The molecule has 5 aromatic carbocycles. The average Bonchev–Trinajstić information content (AvgIpc) is 4.35. The van der Waals surface area contributed by atoms with Crippen molar-refractivity contribution in [2.45, 2.75) is 103 Å². The molecule has 0 saturated heterocycles. The van der Waals surface area contributed by atoms with Crippen LogP contribution in [0.4, 0.5) is 21.9 Å². The number of fused-ring (bicyclic) bond motifs is 6. The summed E-state index contributed by atoms with van der Waals surface area (Å²) < 4.78 is 6.51. The largest absolute Gasteiger partial charge is 0.507 e. The second kappa shape index (κ2) is 26.4. The highest BCUT2D eigenvalue weighted by Gasteiger charge is 2.37. The van der Waals surface area contributed by atoms with E-state index in [0.29, 0.717) is 79.3 Å². The number of nitrogens with two attached hydrogens (primary N) is 1. The Morgan fingerprint density at radius 2 is 1.30 bits per heavy atom. The van der Waals surface area contributed by atoms with Crippen LogP contribution in [0.3, 0.4) is 0 Å². The van der Waals surface area contributed by atoms with Gasteiger partial charge in [-0.15, -0.1) is 23.2 Å². The van der Waals surface area contributed by atoms with E-state index in [-0.39, 0.29) is 117 Å². The van der Waals surface area contributed by atoms with Crippen molar-refractivity contribution < 1.29 is 48.2 Å². The lowest BCUT2D eigenvalue weighted by Gasteiger charge is -2.24. The first kappa shape index (κ1) is 57.7. The monoisotopic (exact) mass is 1120 g/mol. The highest BCUT2D eigenvalue weighted by atomic mass is 35.5. The first-order chi connectivity index (χ1) is 38.1.